The predicted molar refractivity (Wildman–Crippen MR) is 114 cm³/mol. The van der Waals surface area contributed by atoms with Crippen molar-refractivity contribution >= 4 is 29.3 Å². The van der Waals surface area contributed by atoms with Crippen molar-refractivity contribution in [3.8, 4) is 0 Å². The third kappa shape index (κ3) is 3.15. The molecular weight excluding hydrogens is 396 g/mol. The van der Waals surface area contributed by atoms with Gasteiger partial charge in [-0.3, -0.25) is 34.3 Å². The summed E-state index contributed by atoms with van der Waals surface area (Å²) < 4.78 is 0. The number of carbonyl (C=O) groups is 4. The van der Waals surface area contributed by atoms with E-state index in [1.807, 2.05) is 12.1 Å². The van der Waals surface area contributed by atoms with Crippen molar-refractivity contribution < 1.29 is 19.2 Å². The minimum absolute atomic E-state index is 0.121. The monoisotopic (exact) mass is 424 g/mol. The number of hydrogen-bond acceptors (Lipinski definition) is 6. The van der Waals surface area contributed by atoms with Crippen LogP contribution >= 0.6 is 0 Å². The lowest BCUT2D eigenvalue weighted by Gasteiger charge is -2.56. The topological polar surface area (TPSA) is 90.0 Å². The maximum absolute atomic E-state index is 13.1. The van der Waals surface area contributed by atoms with Gasteiger partial charge in [0.15, 0.2) is 0 Å². The number of fused-ring (bicyclic) bond motifs is 4. The molecule has 4 fully saturated rings. The lowest BCUT2D eigenvalue weighted by Crippen LogP contribution is -2.66. The van der Waals surface area contributed by atoms with E-state index in [2.05, 4.69) is 35.9 Å². The van der Waals surface area contributed by atoms with E-state index in [9.17, 15) is 19.2 Å². The van der Waals surface area contributed by atoms with E-state index < -0.39 is 23.8 Å². The highest BCUT2D eigenvalue weighted by Crippen LogP contribution is 2.38. The molecule has 1 aromatic rings. The van der Waals surface area contributed by atoms with Crippen LogP contribution in [0.15, 0.2) is 18.2 Å². The van der Waals surface area contributed by atoms with Crippen LogP contribution in [-0.4, -0.2) is 70.2 Å². The fourth-order valence-electron chi connectivity index (χ4n) is 5.60. The van der Waals surface area contributed by atoms with E-state index in [0.717, 1.165) is 30.1 Å². The summed E-state index contributed by atoms with van der Waals surface area (Å²) in [6.07, 6.45) is 2.57. The summed E-state index contributed by atoms with van der Waals surface area (Å²) in [7, 11) is 0. The fourth-order valence-corrected chi connectivity index (χ4v) is 5.60. The van der Waals surface area contributed by atoms with Crippen LogP contribution in [0.3, 0.4) is 0 Å². The lowest BCUT2D eigenvalue weighted by atomic mass is 9.86. The van der Waals surface area contributed by atoms with Crippen LogP contribution < -0.4 is 10.2 Å². The molecule has 31 heavy (non-hydrogen) atoms. The quantitative estimate of drug-likeness (QED) is 0.725. The van der Waals surface area contributed by atoms with Gasteiger partial charge in [-0.1, -0.05) is 0 Å². The number of piperazine rings is 1. The number of imide groups is 2. The van der Waals surface area contributed by atoms with Crippen molar-refractivity contribution in [3.63, 3.8) is 0 Å². The second-order valence-corrected chi connectivity index (χ2v) is 10.0. The number of amides is 4. The number of benzene rings is 1. The Bertz CT molecular complexity index is 998. The van der Waals surface area contributed by atoms with Crippen molar-refractivity contribution in [1.29, 1.82) is 0 Å². The van der Waals surface area contributed by atoms with Crippen LogP contribution in [0.25, 0.3) is 0 Å². The molecule has 1 aromatic carbocycles. The molecule has 5 aliphatic rings. The fraction of sp³-hybridized carbons (Fsp3) is 0.565. The molecule has 164 valence electrons. The molecule has 4 amide bonds. The summed E-state index contributed by atoms with van der Waals surface area (Å²) in [4.78, 5) is 55.7. The highest BCUT2D eigenvalue weighted by molar-refractivity contribution is 6.23. The minimum atomic E-state index is -0.931. The van der Waals surface area contributed by atoms with Crippen molar-refractivity contribution in [2.24, 2.45) is 0 Å². The van der Waals surface area contributed by atoms with Gasteiger partial charge >= 0.3 is 0 Å². The lowest BCUT2D eigenvalue weighted by molar-refractivity contribution is -0.136. The van der Waals surface area contributed by atoms with Crippen molar-refractivity contribution in [2.75, 3.05) is 18.0 Å². The summed E-state index contributed by atoms with van der Waals surface area (Å²) in [6.45, 7) is 8.64. The summed E-state index contributed by atoms with van der Waals surface area (Å²) in [5.74, 6) is -1.86. The molecule has 4 saturated heterocycles. The molecule has 0 spiro atoms. The van der Waals surface area contributed by atoms with E-state index in [-0.39, 0.29) is 24.3 Å². The maximum Gasteiger partial charge on any atom is 0.262 e. The molecule has 0 aromatic heterocycles. The average Bonchev–Trinajstić information content (AvgIpc) is 2.98. The number of piperidine rings is 3. The number of nitrogens with one attached hydrogen (secondary N) is 1. The van der Waals surface area contributed by atoms with Crippen molar-refractivity contribution in [1.82, 2.24) is 15.1 Å². The summed E-state index contributed by atoms with van der Waals surface area (Å²) in [5, 5.41) is 2.23. The Labute approximate surface area is 181 Å². The van der Waals surface area contributed by atoms with Gasteiger partial charge in [0.1, 0.15) is 6.04 Å². The van der Waals surface area contributed by atoms with Gasteiger partial charge in [-0.05, 0) is 58.2 Å². The molecule has 2 bridgehead atoms. The van der Waals surface area contributed by atoms with Gasteiger partial charge in [-0.15, -0.1) is 0 Å². The van der Waals surface area contributed by atoms with E-state index in [0.29, 0.717) is 23.2 Å². The van der Waals surface area contributed by atoms with Gasteiger partial charge in [0, 0.05) is 42.8 Å². The Kier molecular flexibility index (Phi) is 4.48. The summed E-state index contributed by atoms with van der Waals surface area (Å²) in [6, 6.07) is 5.35. The van der Waals surface area contributed by atoms with Gasteiger partial charge in [-0.2, -0.15) is 0 Å². The second kappa shape index (κ2) is 6.88. The minimum Gasteiger partial charge on any atom is -0.366 e. The number of anilines is 1. The van der Waals surface area contributed by atoms with Gasteiger partial charge < -0.3 is 4.90 Å². The van der Waals surface area contributed by atoms with E-state index in [1.165, 1.54) is 6.42 Å². The molecule has 6 rings (SSSR count). The molecule has 0 aliphatic carbocycles. The Balaban J connectivity index is 1.40. The van der Waals surface area contributed by atoms with Crippen LogP contribution in [0.2, 0.25) is 0 Å². The first-order valence-corrected chi connectivity index (χ1v) is 11.0. The van der Waals surface area contributed by atoms with Gasteiger partial charge in [-0.25, -0.2) is 0 Å². The number of hydrogen-bond donors (Lipinski definition) is 1. The van der Waals surface area contributed by atoms with Crippen LogP contribution in [0, 0.1) is 0 Å². The molecule has 3 atom stereocenters. The van der Waals surface area contributed by atoms with Crippen LogP contribution in [-0.2, 0) is 9.59 Å². The van der Waals surface area contributed by atoms with E-state index >= 15 is 0 Å². The molecule has 8 nitrogen and oxygen atoms in total. The standard InChI is InChI=1S/C23H28N4O4/c1-23(2,3)26-12-14-4-5-15(26)11-25(14)13-6-7-16-17(10-13)22(31)27(21(16)30)18-8-9-19(28)24-20(18)29/h6-7,10,14-15,18H,4-5,8-9,11-12H2,1-3H3,(H,24,28,29). The molecule has 5 heterocycles. The molecule has 1 N–H and O–H groups in total. The number of carbonyl (C=O) groups excluding carboxylic acids is 4. The molecule has 0 saturated carbocycles. The third-order valence-corrected chi connectivity index (χ3v) is 7.15. The van der Waals surface area contributed by atoms with Crippen LogP contribution in [0.5, 0.6) is 0 Å². The zero-order valence-electron chi connectivity index (χ0n) is 18.2. The Hall–Kier alpha value is -2.74. The zero-order valence-corrected chi connectivity index (χ0v) is 18.2. The highest BCUT2D eigenvalue weighted by atomic mass is 16.2. The molecular formula is C23H28N4O4. The Morgan fingerprint density at radius 2 is 1.61 bits per heavy atom. The van der Waals surface area contributed by atoms with Crippen molar-refractivity contribution in [3.05, 3.63) is 29.3 Å². The molecule has 5 aliphatic heterocycles. The zero-order chi connectivity index (χ0) is 22.1. The van der Waals surface area contributed by atoms with E-state index in [1.54, 1.807) is 6.07 Å². The first kappa shape index (κ1) is 20.2. The number of rotatable bonds is 2. The first-order valence-electron chi connectivity index (χ1n) is 11.0. The maximum atomic E-state index is 13.1. The smallest absolute Gasteiger partial charge is 0.262 e. The molecule has 0 radical (unpaired) electrons. The summed E-state index contributed by atoms with van der Waals surface area (Å²) in [5.41, 5.74) is 1.75. The largest absolute Gasteiger partial charge is 0.366 e. The first-order chi connectivity index (χ1) is 14.6. The van der Waals surface area contributed by atoms with Gasteiger partial charge in [0.2, 0.25) is 11.8 Å². The summed E-state index contributed by atoms with van der Waals surface area (Å²) >= 11 is 0. The number of nitrogens with zero attached hydrogens (tertiary/aromatic N) is 3. The SMILES string of the molecule is CC(C)(C)N1CC2CCC1CN2c1ccc2c(c1)C(=O)N(C1CCC(=O)NC1=O)C2=O. The average molecular weight is 425 g/mol. The van der Waals surface area contributed by atoms with Crippen molar-refractivity contribution in [2.45, 2.75) is 70.1 Å². The van der Waals surface area contributed by atoms with Gasteiger partial charge in [0.05, 0.1) is 11.1 Å². The second-order valence-electron chi connectivity index (χ2n) is 10.0. The van der Waals surface area contributed by atoms with Crippen LogP contribution in [0.1, 0.15) is 67.2 Å². The molecule has 3 unspecified atom stereocenters. The normalized spacial score (nSPS) is 28.9. The highest BCUT2D eigenvalue weighted by Gasteiger charge is 2.46. The predicted octanol–water partition coefficient (Wildman–Crippen LogP) is 1.54. The van der Waals surface area contributed by atoms with E-state index in [4.69, 9.17) is 0 Å². The van der Waals surface area contributed by atoms with Gasteiger partial charge in [0.25, 0.3) is 11.8 Å². The molecule has 8 heteroatoms. The Morgan fingerprint density at radius 1 is 0.903 bits per heavy atom. The Morgan fingerprint density at radius 3 is 2.26 bits per heavy atom. The van der Waals surface area contributed by atoms with Crippen LogP contribution in [0.4, 0.5) is 5.69 Å². The third-order valence-electron chi connectivity index (χ3n) is 7.15.